The third-order valence-electron chi connectivity index (χ3n) is 1.48. The molecule has 0 aliphatic carbocycles. The molecule has 1 nitrogen and oxygen atoms in total. The van der Waals surface area contributed by atoms with E-state index in [1.54, 1.807) is 0 Å². The Morgan fingerprint density at radius 1 is 1.56 bits per heavy atom. The lowest BCUT2D eigenvalue weighted by Crippen LogP contribution is -1.99. The summed E-state index contributed by atoms with van der Waals surface area (Å²) in [4.78, 5) is 0. The van der Waals surface area contributed by atoms with E-state index in [4.69, 9.17) is 4.74 Å². The van der Waals surface area contributed by atoms with E-state index >= 15 is 0 Å². The van der Waals surface area contributed by atoms with Gasteiger partial charge in [-0.1, -0.05) is 11.6 Å². The number of hydrogen-bond acceptors (Lipinski definition) is 1. The Hall–Kier alpha value is -0.300. The molecule has 0 aromatic carbocycles. The molecule has 0 unspecified atom stereocenters. The molecule has 1 aliphatic heterocycles. The lowest BCUT2D eigenvalue weighted by molar-refractivity contribution is 0.145. The molecule has 1 aliphatic rings. The molecule has 0 spiro atoms. The van der Waals surface area contributed by atoms with E-state index in [-0.39, 0.29) is 0 Å². The largest absolute Gasteiger partial charge is 0.374 e. The standard InChI is InChI=1S/C8H14O/c1-7(2)6-8-4-3-5-9-8/h6,8H,3-5H2,1-2H3/t8-/m0/s1. The number of rotatable bonds is 1. The molecule has 1 heteroatoms. The molecular formula is C8H14O. The molecule has 0 aromatic heterocycles. The summed E-state index contributed by atoms with van der Waals surface area (Å²) in [6, 6.07) is 0. The van der Waals surface area contributed by atoms with Crippen molar-refractivity contribution >= 4 is 0 Å². The first kappa shape index (κ1) is 6.81. The molecule has 0 saturated carbocycles. The zero-order chi connectivity index (χ0) is 6.69. The van der Waals surface area contributed by atoms with Crippen LogP contribution >= 0.6 is 0 Å². The van der Waals surface area contributed by atoms with Crippen LogP contribution in [0, 0.1) is 0 Å². The van der Waals surface area contributed by atoms with Crippen molar-refractivity contribution in [3.05, 3.63) is 11.6 Å². The molecule has 1 heterocycles. The first-order chi connectivity index (χ1) is 4.29. The van der Waals surface area contributed by atoms with Crippen LogP contribution in [-0.4, -0.2) is 12.7 Å². The fourth-order valence-electron chi connectivity index (χ4n) is 1.11. The summed E-state index contributed by atoms with van der Waals surface area (Å²) in [6.45, 7) is 5.18. The van der Waals surface area contributed by atoms with Gasteiger partial charge in [0.2, 0.25) is 0 Å². The second-order valence-electron chi connectivity index (χ2n) is 2.80. The van der Waals surface area contributed by atoms with Crippen molar-refractivity contribution in [3.63, 3.8) is 0 Å². The molecule has 0 aromatic rings. The first-order valence-electron chi connectivity index (χ1n) is 3.55. The normalized spacial score (nSPS) is 26.2. The van der Waals surface area contributed by atoms with Crippen molar-refractivity contribution in [2.75, 3.05) is 6.61 Å². The Morgan fingerprint density at radius 2 is 2.33 bits per heavy atom. The first-order valence-corrected chi connectivity index (χ1v) is 3.55. The van der Waals surface area contributed by atoms with E-state index in [0.29, 0.717) is 6.10 Å². The third kappa shape index (κ3) is 2.19. The highest BCUT2D eigenvalue weighted by atomic mass is 16.5. The molecule has 1 fully saturated rings. The Morgan fingerprint density at radius 3 is 2.78 bits per heavy atom. The highest BCUT2D eigenvalue weighted by Gasteiger charge is 2.11. The van der Waals surface area contributed by atoms with Crippen molar-refractivity contribution in [1.82, 2.24) is 0 Å². The zero-order valence-corrected chi connectivity index (χ0v) is 6.18. The van der Waals surface area contributed by atoms with Gasteiger partial charge in [-0.25, -0.2) is 0 Å². The average Bonchev–Trinajstić information content (AvgIpc) is 2.15. The van der Waals surface area contributed by atoms with Crippen molar-refractivity contribution in [2.24, 2.45) is 0 Å². The second kappa shape index (κ2) is 3.02. The molecule has 0 bridgehead atoms. The van der Waals surface area contributed by atoms with E-state index in [9.17, 15) is 0 Å². The highest BCUT2D eigenvalue weighted by Crippen LogP contribution is 2.14. The van der Waals surface area contributed by atoms with Gasteiger partial charge in [0.25, 0.3) is 0 Å². The van der Waals surface area contributed by atoms with E-state index in [1.807, 2.05) is 0 Å². The van der Waals surface area contributed by atoms with Gasteiger partial charge in [-0.15, -0.1) is 0 Å². The summed E-state index contributed by atoms with van der Waals surface area (Å²) < 4.78 is 5.39. The summed E-state index contributed by atoms with van der Waals surface area (Å²) in [5.74, 6) is 0. The average molecular weight is 126 g/mol. The summed E-state index contributed by atoms with van der Waals surface area (Å²) in [5.41, 5.74) is 1.36. The van der Waals surface area contributed by atoms with Crippen LogP contribution in [0.5, 0.6) is 0 Å². The van der Waals surface area contributed by atoms with Crippen molar-refractivity contribution < 1.29 is 4.74 Å². The summed E-state index contributed by atoms with van der Waals surface area (Å²) in [7, 11) is 0. The lowest BCUT2D eigenvalue weighted by Gasteiger charge is -2.01. The summed E-state index contributed by atoms with van der Waals surface area (Å²) >= 11 is 0. The van der Waals surface area contributed by atoms with Gasteiger partial charge in [0, 0.05) is 6.61 Å². The molecule has 52 valence electrons. The lowest BCUT2D eigenvalue weighted by atomic mass is 10.2. The predicted molar refractivity (Wildman–Crippen MR) is 38.4 cm³/mol. The fraction of sp³-hybridized carbons (Fsp3) is 0.750. The van der Waals surface area contributed by atoms with Crippen molar-refractivity contribution in [1.29, 1.82) is 0 Å². The van der Waals surface area contributed by atoms with E-state index < -0.39 is 0 Å². The van der Waals surface area contributed by atoms with Gasteiger partial charge in [-0.3, -0.25) is 0 Å². The van der Waals surface area contributed by atoms with E-state index in [2.05, 4.69) is 19.9 Å². The number of allylic oxidation sites excluding steroid dienone is 1. The van der Waals surface area contributed by atoms with Gasteiger partial charge in [-0.2, -0.15) is 0 Å². The second-order valence-corrected chi connectivity index (χ2v) is 2.80. The molecular weight excluding hydrogens is 112 g/mol. The van der Waals surface area contributed by atoms with Gasteiger partial charge in [0.1, 0.15) is 0 Å². The maximum atomic E-state index is 5.39. The molecule has 1 atom stereocenters. The quantitative estimate of drug-likeness (QED) is 0.489. The molecule has 1 saturated heterocycles. The Kier molecular flexibility index (Phi) is 2.29. The maximum absolute atomic E-state index is 5.39. The van der Waals surface area contributed by atoms with Crippen LogP contribution in [0.3, 0.4) is 0 Å². The summed E-state index contributed by atoms with van der Waals surface area (Å²) in [5, 5.41) is 0. The molecule has 1 rings (SSSR count). The SMILES string of the molecule is CC(C)=C[C@@H]1CCCO1. The van der Waals surface area contributed by atoms with E-state index in [0.717, 1.165) is 6.61 Å². The Balaban J connectivity index is 2.35. The summed E-state index contributed by atoms with van der Waals surface area (Å²) in [6.07, 6.45) is 5.07. The van der Waals surface area contributed by atoms with Crippen LogP contribution in [0.4, 0.5) is 0 Å². The minimum Gasteiger partial charge on any atom is -0.374 e. The van der Waals surface area contributed by atoms with Crippen LogP contribution in [-0.2, 0) is 4.74 Å². The van der Waals surface area contributed by atoms with Crippen molar-refractivity contribution in [2.45, 2.75) is 32.8 Å². The van der Waals surface area contributed by atoms with Crippen LogP contribution in [0.15, 0.2) is 11.6 Å². The van der Waals surface area contributed by atoms with E-state index in [1.165, 1.54) is 18.4 Å². The molecule has 0 radical (unpaired) electrons. The topological polar surface area (TPSA) is 9.23 Å². The monoisotopic (exact) mass is 126 g/mol. The van der Waals surface area contributed by atoms with Gasteiger partial charge in [-0.05, 0) is 26.7 Å². The molecule has 9 heavy (non-hydrogen) atoms. The highest BCUT2D eigenvalue weighted by molar-refractivity contribution is 4.99. The Labute approximate surface area is 56.7 Å². The van der Waals surface area contributed by atoms with Crippen LogP contribution in [0.25, 0.3) is 0 Å². The van der Waals surface area contributed by atoms with Crippen LogP contribution in [0.2, 0.25) is 0 Å². The van der Waals surface area contributed by atoms with Crippen LogP contribution in [0.1, 0.15) is 26.7 Å². The number of ether oxygens (including phenoxy) is 1. The minimum absolute atomic E-state index is 0.426. The smallest absolute Gasteiger partial charge is 0.0759 e. The maximum Gasteiger partial charge on any atom is 0.0759 e. The molecule has 0 amide bonds. The predicted octanol–water partition coefficient (Wildman–Crippen LogP) is 2.13. The fourth-order valence-corrected chi connectivity index (χ4v) is 1.11. The van der Waals surface area contributed by atoms with Crippen LogP contribution < -0.4 is 0 Å². The zero-order valence-electron chi connectivity index (χ0n) is 6.18. The Bertz CT molecular complexity index is 106. The van der Waals surface area contributed by atoms with Crippen molar-refractivity contribution in [3.8, 4) is 0 Å². The van der Waals surface area contributed by atoms with Gasteiger partial charge in [0.05, 0.1) is 6.10 Å². The minimum atomic E-state index is 0.426. The van der Waals surface area contributed by atoms with Gasteiger partial charge >= 0.3 is 0 Å². The number of hydrogen-bond donors (Lipinski definition) is 0. The molecule has 0 N–H and O–H groups in total. The van der Waals surface area contributed by atoms with Gasteiger partial charge < -0.3 is 4.74 Å². The third-order valence-corrected chi connectivity index (χ3v) is 1.48. The van der Waals surface area contributed by atoms with Gasteiger partial charge in [0.15, 0.2) is 0 Å².